The lowest BCUT2D eigenvalue weighted by Gasteiger charge is -2.17. The molecule has 0 radical (unpaired) electrons. The number of nitrogens with zero attached hydrogens (tertiary/aromatic N) is 1. The van der Waals surface area contributed by atoms with E-state index < -0.39 is 5.97 Å². The molecule has 0 rings (SSSR count). The smallest absolute Gasteiger partial charge is 0.323 e. The summed E-state index contributed by atoms with van der Waals surface area (Å²) in [6.45, 7) is 3.96. The van der Waals surface area contributed by atoms with Crippen LogP contribution in [0.15, 0.2) is 24.3 Å². The average molecular weight is 211 g/mol. The number of amides is 1. The summed E-state index contributed by atoms with van der Waals surface area (Å²) in [5.41, 5.74) is 0. The Hall–Kier alpha value is -1.58. The zero-order chi connectivity index (χ0) is 11.7. The van der Waals surface area contributed by atoms with E-state index in [0.717, 1.165) is 6.42 Å². The van der Waals surface area contributed by atoms with E-state index in [0.29, 0.717) is 6.54 Å². The molecule has 0 aliphatic heterocycles. The van der Waals surface area contributed by atoms with Gasteiger partial charge in [-0.2, -0.15) is 0 Å². The zero-order valence-electron chi connectivity index (χ0n) is 9.14. The van der Waals surface area contributed by atoms with E-state index in [1.54, 1.807) is 18.2 Å². The van der Waals surface area contributed by atoms with Gasteiger partial charge in [-0.05, 0) is 13.3 Å². The fourth-order valence-electron chi connectivity index (χ4n) is 1.05. The molecule has 4 nitrogen and oxygen atoms in total. The van der Waals surface area contributed by atoms with E-state index >= 15 is 0 Å². The van der Waals surface area contributed by atoms with Crippen molar-refractivity contribution in [3.8, 4) is 0 Å². The molecule has 0 aromatic rings. The second kappa shape index (κ2) is 7.79. The van der Waals surface area contributed by atoms with Crippen LogP contribution in [0.5, 0.6) is 0 Å². The first-order valence-electron chi connectivity index (χ1n) is 4.91. The number of carbonyl (C=O) groups excluding carboxylic acids is 1. The first-order valence-corrected chi connectivity index (χ1v) is 4.91. The molecule has 0 saturated heterocycles. The lowest BCUT2D eigenvalue weighted by atomic mass is 10.3. The van der Waals surface area contributed by atoms with Crippen molar-refractivity contribution in [1.29, 1.82) is 0 Å². The van der Waals surface area contributed by atoms with Gasteiger partial charge in [0.15, 0.2) is 0 Å². The average Bonchev–Trinajstić information content (AvgIpc) is 2.17. The molecule has 0 atom stereocenters. The molecule has 0 aromatic heterocycles. The quantitative estimate of drug-likeness (QED) is 0.534. The molecule has 0 bridgehead atoms. The Morgan fingerprint density at radius 3 is 2.47 bits per heavy atom. The third-order valence-electron chi connectivity index (χ3n) is 1.67. The highest BCUT2D eigenvalue weighted by Gasteiger charge is 2.12. The van der Waals surface area contributed by atoms with Crippen LogP contribution in [-0.2, 0) is 9.59 Å². The number of carbonyl (C=O) groups is 2. The SMILES string of the molecule is C/C=C/C=C/C(=O)N(CCC)CC(=O)O. The van der Waals surface area contributed by atoms with Gasteiger partial charge in [0.05, 0.1) is 0 Å². The van der Waals surface area contributed by atoms with Crippen molar-refractivity contribution in [2.24, 2.45) is 0 Å². The highest BCUT2D eigenvalue weighted by Crippen LogP contribution is 1.94. The Bertz CT molecular complexity index is 269. The van der Waals surface area contributed by atoms with E-state index in [1.165, 1.54) is 11.0 Å². The Morgan fingerprint density at radius 2 is 2.00 bits per heavy atom. The minimum Gasteiger partial charge on any atom is -0.480 e. The maximum atomic E-state index is 11.5. The van der Waals surface area contributed by atoms with E-state index in [2.05, 4.69) is 0 Å². The van der Waals surface area contributed by atoms with Crippen LogP contribution in [0.25, 0.3) is 0 Å². The number of carboxylic acids is 1. The molecule has 0 aliphatic carbocycles. The fraction of sp³-hybridized carbons (Fsp3) is 0.455. The molecule has 0 unspecified atom stereocenters. The van der Waals surface area contributed by atoms with Crippen LogP contribution in [0.4, 0.5) is 0 Å². The third-order valence-corrected chi connectivity index (χ3v) is 1.67. The van der Waals surface area contributed by atoms with Crippen molar-refractivity contribution in [2.75, 3.05) is 13.1 Å². The predicted octanol–water partition coefficient (Wildman–Crippen LogP) is 1.44. The Balaban J connectivity index is 4.33. The number of hydrogen-bond acceptors (Lipinski definition) is 2. The van der Waals surface area contributed by atoms with Crippen molar-refractivity contribution in [3.63, 3.8) is 0 Å². The fourth-order valence-corrected chi connectivity index (χ4v) is 1.05. The van der Waals surface area contributed by atoms with Gasteiger partial charge in [-0.25, -0.2) is 0 Å². The van der Waals surface area contributed by atoms with Gasteiger partial charge in [-0.1, -0.05) is 25.2 Å². The molecule has 0 heterocycles. The van der Waals surface area contributed by atoms with Crippen molar-refractivity contribution in [2.45, 2.75) is 20.3 Å². The molecule has 15 heavy (non-hydrogen) atoms. The number of hydrogen-bond donors (Lipinski definition) is 1. The number of allylic oxidation sites excluding steroid dienone is 3. The summed E-state index contributed by atoms with van der Waals surface area (Å²) in [5, 5.41) is 8.60. The summed E-state index contributed by atoms with van der Waals surface area (Å²) in [5.74, 6) is -1.26. The first-order chi connectivity index (χ1) is 7.11. The van der Waals surface area contributed by atoms with Gasteiger partial charge in [-0.3, -0.25) is 9.59 Å². The summed E-state index contributed by atoms with van der Waals surface area (Å²) in [6.07, 6.45) is 7.25. The van der Waals surface area contributed by atoms with Gasteiger partial charge in [0.2, 0.25) is 5.91 Å². The summed E-state index contributed by atoms with van der Waals surface area (Å²) in [6, 6.07) is 0. The molecule has 0 spiro atoms. The minimum absolute atomic E-state index is 0.243. The maximum Gasteiger partial charge on any atom is 0.323 e. The highest BCUT2D eigenvalue weighted by molar-refractivity contribution is 5.90. The number of rotatable bonds is 6. The Labute approximate surface area is 89.9 Å². The van der Waals surface area contributed by atoms with Crippen molar-refractivity contribution < 1.29 is 14.7 Å². The van der Waals surface area contributed by atoms with Crippen molar-refractivity contribution in [3.05, 3.63) is 24.3 Å². The molecule has 0 aromatic carbocycles. The van der Waals surface area contributed by atoms with Crippen LogP contribution in [0.1, 0.15) is 20.3 Å². The van der Waals surface area contributed by atoms with Gasteiger partial charge in [-0.15, -0.1) is 0 Å². The van der Waals surface area contributed by atoms with Gasteiger partial charge < -0.3 is 10.0 Å². The molecule has 84 valence electrons. The normalized spacial score (nSPS) is 11.1. The van der Waals surface area contributed by atoms with Gasteiger partial charge >= 0.3 is 5.97 Å². The largest absolute Gasteiger partial charge is 0.480 e. The molecule has 1 amide bonds. The number of carboxylic acid groups (broad SMARTS) is 1. The molecule has 1 N–H and O–H groups in total. The Kier molecular flexibility index (Phi) is 6.97. The predicted molar refractivity (Wildman–Crippen MR) is 58.5 cm³/mol. The monoisotopic (exact) mass is 211 g/mol. The summed E-state index contributed by atoms with van der Waals surface area (Å²) < 4.78 is 0. The molecule has 4 heteroatoms. The van der Waals surface area contributed by atoms with E-state index in [9.17, 15) is 9.59 Å². The minimum atomic E-state index is -0.990. The van der Waals surface area contributed by atoms with E-state index in [-0.39, 0.29) is 12.5 Å². The summed E-state index contributed by atoms with van der Waals surface area (Å²) >= 11 is 0. The van der Waals surface area contributed by atoms with Crippen LogP contribution in [0, 0.1) is 0 Å². The lowest BCUT2D eigenvalue weighted by Crippen LogP contribution is -2.35. The van der Waals surface area contributed by atoms with Crippen LogP contribution >= 0.6 is 0 Å². The van der Waals surface area contributed by atoms with Crippen LogP contribution < -0.4 is 0 Å². The topological polar surface area (TPSA) is 57.6 Å². The van der Waals surface area contributed by atoms with Gasteiger partial charge in [0.1, 0.15) is 6.54 Å². The molecule has 0 saturated carbocycles. The van der Waals surface area contributed by atoms with Crippen molar-refractivity contribution >= 4 is 11.9 Å². The van der Waals surface area contributed by atoms with E-state index in [4.69, 9.17) is 5.11 Å². The van der Waals surface area contributed by atoms with Crippen LogP contribution in [0.3, 0.4) is 0 Å². The standard InChI is InChI=1S/C11H17NO3/c1-3-5-6-7-10(13)12(8-4-2)9-11(14)15/h3,5-7H,4,8-9H2,1-2H3,(H,14,15)/b5-3+,7-6+. The summed E-state index contributed by atoms with van der Waals surface area (Å²) in [4.78, 5) is 23.3. The Morgan fingerprint density at radius 1 is 1.33 bits per heavy atom. The second-order valence-corrected chi connectivity index (χ2v) is 3.04. The molecular weight excluding hydrogens is 194 g/mol. The second-order valence-electron chi connectivity index (χ2n) is 3.04. The first kappa shape index (κ1) is 13.4. The third kappa shape index (κ3) is 6.49. The summed E-state index contributed by atoms with van der Waals surface area (Å²) in [7, 11) is 0. The molecule has 0 aliphatic rings. The molecular formula is C11H17NO3. The van der Waals surface area contributed by atoms with Crippen LogP contribution in [0.2, 0.25) is 0 Å². The van der Waals surface area contributed by atoms with Gasteiger partial charge in [0.25, 0.3) is 0 Å². The van der Waals surface area contributed by atoms with Crippen molar-refractivity contribution in [1.82, 2.24) is 4.90 Å². The maximum absolute atomic E-state index is 11.5. The lowest BCUT2D eigenvalue weighted by molar-refractivity contribution is -0.142. The molecule has 0 fully saturated rings. The highest BCUT2D eigenvalue weighted by atomic mass is 16.4. The van der Waals surface area contributed by atoms with E-state index in [1.807, 2.05) is 13.8 Å². The van der Waals surface area contributed by atoms with Crippen LogP contribution in [-0.4, -0.2) is 35.0 Å². The zero-order valence-corrected chi connectivity index (χ0v) is 9.14. The van der Waals surface area contributed by atoms with Gasteiger partial charge in [0, 0.05) is 12.6 Å². The number of aliphatic carboxylic acids is 1.